The van der Waals surface area contributed by atoms with Gasteiger partial charge in [-0.2, -0.15) is 0 Å². The number of rotatable bonds is 5. The lowest BCUT2D eigenvalue weighted by Crippen LogP contribution is -2.19. The third kappa shape index (κ3) is 3.10. The summed E-state index contributed by atoms with van der Waals surface area (Å²) in [4.78, 5) is 16.8. The largest absolute Gasteiger partial charge is 0.392 e. The van der Waals surface area contributed by atoms with Crippen LogP contribution in [0.15, 0.2) is 35.3 Å². The normalized spacial score (nSPS) is 12.7. The van der Waals surface area contributed by atoms with Gasteiger partial charge in [-0.05, 0) is 37.6 Å². The van der Waals surface area contributed by atoms with Gasteiger partial charge in [0.25, 0.3) is 5.56 Å². The molecule has 25 heavy (non-hydrogen) atoms. The standard InChI is InChI=1S/C19H23N3O3/c1-12-7-15(9-21(3)19(12)24)18-20-16-8-14(10-23)5-6-17(16)22(18)13(2)11-25-4/h5-9,13,23H,10-11H2,1-4H3/t13-/m1/s1. The summed E-state index contributed by atoms with van der Waals surface area (Å²) in [6, 6.07) is 7.70. The second-order valence-corrected chi connectivity index (χ2v) is 6.42. The molecule has 132 valence electrons. The molecule has 1 aromatic carbocycles. The lowest BCUT2D eigenvalue weighted by Gasteiger charge is -2.17. The molecule has 2 heterocycles. The van der Waals surface area contributed by atoms with E-state index in [1.54, 1.807) is 31.8 Å². The maximum atomic E-state index is 12.0. The van der Waals surface area contributed by atoms with Crippen LogP contribution in [0.2, 0.25) is 0 Å². The predicted molar refractivity (Wildman–Crippen MR) is 97.7 cm³/mol. The zero-order valence-corrected chi connectivity index (χ0v) is 15.0. The van der Waals surface area contributed by atoms with Crippen molar-refractivity contribution in [3.05, 3.63) is 51.9 Å². The van der Waals surface area contributed by atoms with Gasteiger partial charge in [0.1, 0.15) is 5.82 Å². The van der Waals surface area contributed by atoms with Crippen LogP contribution in [0.25, 0.3) is 22.4 Å². The van der Waals surface area contributed by atoms with E-state index in [-0.39, 0.29) is 18.2 Å². The summed E-state index contributed by atoms with van der Waals surface area (Å²) in [5.41, 5.74) is 4.15. The van der Waals surface area contributed by atoms with Crippen molar-refractivity contribution in [3.63, 3.8) is 0 Å². The number of nitrogens with zero attached hydrogens (tertiary/aromatic N) is 3. The fraction of sp³-hybridized carbons (Fsp3) is 0.368. The quantitative estimate of drug-likeness (QED) is 0.774. The summed E-state index contributed by atoms with van der Waals surface area (Å²) in [5.74, 6) is 0.785. The number of aliphatic hydroxyl groups excluding tert-OH is 1. The number of imidazole rings is 1. The van der Waals surface area contributed by atoms with Crippen molar-refractivity contribution in [1.82, 2.24) is 14.1 Å². The van der Waals surface area contributed by atoms with Crippen LogP contribution in [-0.2, 0) is 18.4 Å². The molecular formula is C19H23N3O3. The molecule has 0 radical (unpaired) electrons. The van der Waals surface area contributed by atoms with Crippen molar-refractivity contribution in [3.8, 4) is 11.4 Å². The highest BCUT2D eigenvalue weighted by molar-refractivity contribution is 5.81. The Balaban J connectivity index is 2.29. The number of benzene rings is 1. The molecule has 0 aliphatic rings. The van der Waals surface area contributed by atoms with Crippen molar-refractivity contribution in [2.24, 2.45) is 7.05 Å². The summed E-state index contributed by atoms with van der Waals surface area (Å²) < 4.78 is 9.04. The number of aromatic nitrogens is 3. The summed E-state index contributed by atoms with van der Waals surface area (Å²) in [6.45, 7) is 4.40. The summed E-state index contributed by atoms with van der Waals surface area (Å²) in [6.07, 6.45) is 1.81. The minimum atomic E-state index is -0.0231. The van der Waals surface area contributed by atoms with Gasteiger partial charge in [0.05, 0.1) is 30.3 Å². The van der Waals surface area contributed by atoms with Crippen LogP contribution in [0, 0.1) is 6.92 Å². The fourth-order valence-electron chi connectivity index (χ4n) is 3.21. The van der Waals surface area contributed by atoms with E-state index < -0.39 is 0 Å². The van der Waals surface area contributed by atoms with Crippen LogP contribution in [0.5, 0.6) is 0 Å². The van der Waals surface area contributed by atoms with Crippen molar-refractivity contribution in [2.45, 2.75) is 26.5 Å². The SMILES string of the molecule is COC[C@@H](C)n1c(-c2cc(C)c(=O)n(C)c2)nc2cc(CO)ccc21. The van der Waals surface area contributed by atoms with E-state index in [9.17, 15) is 9.90 Å². The number of pyridine rings is 1. The van der Waals surface area contributed by atoms with Gasteiger partial charge in [0.15, 0.2) is 0 Å². The highest BCUT2D eigenvalue weighted by Gasteiger charge is 2.18. The van der Waals surface area contributed by atoms with Gasteiger partial charge in [-0.1, -0.05) is 6.07 Å². The van der Waals surface area contributed by atoms with Crippen molar-refractivity contribution in [2.75, 3.05) is 13.7 Å². The van der Waals surface area contributed by atoms with E-state index in [0.717, 1.165) is 28.0 Å². The van der Waals surface area contributed by atoms with Crippen LogP contribution < -0.4 is 5.56 Å². The van der Waals surface area contributed by atoms with Gasteiger partial charge in [-0.25, -0.2) is 4.98 Å². The van der Waals surface area contributed by atoms with E-state index in [1.165, 1.54) is 0 Å². The molecule has 0 amide bonds. The molecular weight excluding hydrogens is 318 g/mol. The molecule has 0 saturated heterocycles. The molecule has 0 spiro atoms. The van der Waals surface area contributed by atoms with E-state index in [1.807, 2.05) is 24.3 Å². The molecule has 0 unspecified atom stereocenters. The lowest BCUT2D eigenvalue weighted by molar-refractivity contribution is 0.164. The molecule has 3 rings (SSSR count). The molecule has 1 atom stereocenters. The Kier molecular flexibility index (Phi) is 4.74. The Labute approximate surface area is 146 Å². The van der Waals surface area contributed by atoms with Gasteiger partial charge in [0, 0.05) is 31.5 Å². The van der Waals surface area contributed by atoms with Gasteiger partial charge < -0.3 is 19.0 Å². The Bertz CT molecular complexity index is 946. The van der Waals surface area contributed by atoms with Crippen LogP contribution in [0.4, 0.5) is 0 Å². The van der Waals surface area contributed by atoms with Crippen LogP contribution in [-0.4, -0.2) is 32.9 Å². The molecule has 1 N–H and O–H groups in total. The minimum absolute atomic E-state index is 0.0149. The maximum Gasteiger partial charge on any atom is 0.253 e. The van der Waals surface area contributed by atoms with E-state index in [2.05, 4.69) is 11.5 Å². The molecule has 6 heteroatoms. The molecule has 0 aliphatic carbocycles. The van der Waals surface area contributed by atoms with Gasteiger partial charge in [-0.3, -0.25) is 4.79 Å². The van der Waals surface area contributed by atoms with Crippen molar-refractivity contribution in [1.29, 1.82) is 0 Å². The molecule has 0 bridgehead atoms. The number of aliphatic hydroxyl groups is 1. The zero-order chi connectivity index (χ0) is 18.1. The summed E-state index contributed by atoms with van der Waals surface area (Å²) in [7, 11) is 3.42. The molecule has 0 aliphatic heterocycles. The average molecular weight is 341 g/mol. The van der Waals surface area contributed by atoms with E-state index in [4.69, 9.17) is 9.72 Å². The second kappa shape index (κ2) is 6.82. The number of ether oxygens (including phenoxy) is 1. The average Bonchev–Trinajstić information content (AvgIpc) is 2.97. The van der Waals surface area contributed by atoms with Crippen LogP contribution >= 0.6 is 0 Å². The maximum absolute atomic E-state index is 12.0. The zero-order valence-electron chi connectivity index (χ0n) is 15.0. The Morgan fingerprint density at radius 2 is 2.08 bits per heavy atom. The minimum Gasteiger partial charge on any atom is -0.392 e. The van der Waals surface area contributed by atoms with E-state index >= 15 is 0 Å². The Hall–Kier alpha value is -2.44. The number of methoxy groups -OCH3 is 1. The Morgan fingerprint density at radius 3 is 2.72 bits per heavy atom. The fourth-order valence-corrected chi connectivity index (χ4v) is 3.21. The first-order valence-electron chi connectivity index (χ1n) is 8.24. The van der Waals surface area contributed by atoms with Gasteiger partial charge in [0.2, 0.25) is 0 Å². The predicted octanol–water partition coefficient (Wildman–Crippen LogP) is 2.41. The lowest BCUT2D eigenvalue weighted by atomic mass is 10.2. The second-order valence-electron chi connectivity index (χ2n) is 6.42. The van der Waals surface area contributed by atoms with Crippen molar-refractivity contribution < 1.29 is 9.84 Å². The highest BCUT2D eigenvalue weighted by Crippen LogP contribution is 2.29. The number of hydrogen-bond acceptors (Lipinski definition) is 4. The van der Waals surface area contributed by atoms with Crippen LogP contribution in [0.3, 0.4) is 0 Å². The molecule has 2 aromatic heterocycles. The van der Waals surface area contributed by atoms with Gasteiger partial charge in [-0.15, -0.1) is 0 Å². The first-order valence-corrected chi connectivity index (χ1v) is 8.24. The Morgan fingerprint density at radius 1 is 1.32 bits per heavy atom. The first-order chi connectivity index (χ1) is 12.0. The van der Waals surface area contributed by atoms with Crippen LogP contribution in [0.1, 0.15) is 24.1 Å². The number of fused-ring (bicyclic) bond motifs is 1. The number of aryl methyl sites for hydroxylation is 2. The smallest absolute Gasteiger partial charge is 0.253 e. The van der Waals surface area contributed by atoms with Crippen molar-refractivity contribution >= 4 is 11.0 Å². The molecule has 6 nitrogen and oxygen atoms in total. The molecule has 0 saturated carbocycles. The number of hydrogen-bond donors (Lipinski definition) is 1. The first kappa shape index (κ1) is 17.4. The van der Waals surface area contributed by atoms with Gasteiger partial charge >= 0.3 is 0 Å². The third-order valence-corrected chi connectivity index (χ3v) is 4.41. The van der Waals surface area contributed by atoms with E-state index in [0.29, 0.717) is 12.2 Å². The highest BCUT2D eigenvalue weighted by atomic mass is 16.5. The topological polar surface area (TPSA) is 69.3 Å². The monoisotopic (exact) mass is 341 g/mol. The third-order valence-electron chi connectivity index (χ3n) is 4.41. The molecule has 0 fully saturated rings. The molecule has 3 aromatic rings. The summed E-state index contributed by atoms with van der Waals surface area (Å²) in [5, 5.41) is 9.39. The summed E-state index contributed by atoms with van der Waals surface area (Å²) >= 11 is 0.